The molecule has 0 saturated carbocycles. The molecule has 7 nitrogen and oxygen atoms in total. The number of nitrogens with zero attached hydrogens (tertiary/aromatic N) is 3. The highest BCUT2D eigenvalue weighted by Crippen LogP contribution is 2.33. The molecule has 0 unspecified atom stereocenters. The van der Waals surface area contributed by atoms with Crippen molar-refractivity contribution in [3.8, 4) is 5.75 Å². The molecule has 0 radical (unpaired) electrons. The van der Waals surface area contributed by atoms with E-state index >= 15 is 0 Å². The van der Waals surface area contributed by atoms with Crippen LogP contribution in [0.15, 0.2) is 36.4 Å². The topological polar surface area (TPSA) is 78.3 Å². The van der Waals surface area contributed by atoms with Gasteiger partial charge in [0.2, 0.25) is 5.95 Å². The van der Waals surface area contributed by atoms with Crippen molar-refractivity contribution in [2.45, 2.75) is 25.6 Å². The van der Waals surface area contributed by atoms with Crippen LogP contribution in [-0.4, -0.2) is 39.6 Å². The number of ketones is 1. The van der Waals surface area contributed by atoms with Crippen LogP contribution in [0.4, 0.5) is 37.4 Å². The lowest BCUT2D eigenvalue weighted by atomic mass is 10.1. The van der Waals surface area contributed by atoms with E-state index in [1.165, 1.54) is 24.3 Å². The highest BCUT2D eigenvalue weighted by atomic mass is 32.1. The quantitative estimate of drug-likeness (QED) is 0.167. The molecule has 0 bridgehead atoms. The average molecular weight is 518 g/mol. The van der Waals surface area contributed by atoms with E-state index in [0.29, 0.717) is 37.9 Å². The maximum absolute atomic E-state index is 12.5. The summed E-state index contributed by atoms with van der Waals surface area (Å²) in [5.41, 5.74) is 1.90. The van der Waals surface area contributed by atoms with E-state index in [4.69, 9.17) is 0 Å². The van der Waals surface area contributed by atoms with Gasteiger partial charge in [0.25, 0.3) is 0 Å². The number of ether oxygens (including phenoxy) is 2. The van der Waals surface area contributed by atoms with Gasteiger partial charge in [0.05, 0.1) is 27.9 Å². The molecule has 186 valence electrons. The predicted molar refractivity (Wildman–Crippen MR) is 116 cm³/mol. The minimum absolute atomic E-state index is 0.0846. The van der Waals surface area contributed by atoms with Gasteiger partial charge in [0.1, 0.15) is 5.75 Å². The van der Waals surface area contributed by atoms with Crippen LogP contribution in [0.3, 0.4) is 0 Å². The van der Waals surface area contributed by atoms with Crippen LogP contribution in [0.5, 0.6) is 5.75 Å². The minimum Gasteiger partial charge on any atom is -0.406 e. The number of benzene rings is 2. The maximum Gasteiger partial charge on any atom is 0.573 e. The van der Waals surface area contributed by atoms with Gasteiger partial charge in [0, 0.05) is 25.1 Å². The fraction of sp³-hybridized carbons (Fsp3) is 0.286. The fourth-order valence-corrected chi connectivity index (χ4v) is 4.19. The summed E-state index contributed by atoms with van der Waals surface area (Å²) in [6, 6.07) is 8.56. The molecular weight excluding hydrogens is 502 g/mol. The number of carbonyl (C=O) groups is 1. The Labute approximate surface area is 197 Å². The van der Waals surface area contributed by atoms with Gasteiger partial charge in [-0.25, -0.2) is 9.97 Å². The van der Waals surface area contributed by atoms with Crippen molar-refractivity contribution >= 4 is 49.4 Å². The zero-order valence-corrected chi connectivity index (χ0v) is 18.6. The molecule has 0 spiro atoms. The molecule has 0 amide bonds. The number of hydrogen-bond acceptors (Lipinski definition) is 7. The first kappa shape index (κ1) is 24.7. The van der Waals surface area contributed by atoms with E-state index in [9.17, 15) is 31.1 Å². The summed E-state index contributed by atoms with van der Waals surface area (Å²) in [4.78, 5) is 21.1. The lowest BCUT2D eigenvalue weighted by Gasteiger charge is -2.07. The second-order valence-electron chi connectivity index (χ2n) is 7.34. The number of aryl methyl sites for hydroxylation is 1. The van der Waals surface area contributed by atoms with Crippen LogP contribution >= 0.6 is 11.3 Å². The average Bonchev–Trinajstić information content (AvgIpc) is 3.29. The lowest BCUT2D eigenvalue weighted by molar-refractivity contribution is -0.324. The molecule has 2 aromatic carbocycles. The van der Waals surface area contributed by atoms with E-state index < -0.39 is 19.3 Å². The second kappa shape index (κ2) is 9.34. The van der Waals surface area contributed by atoms with Crippen LogP contribution in [0.25, 0.3) is 21.3 Å². The zero-order chi connectivity index (χ0) is 25.4. The Bertz CT molecular complexity index is 1380. The number of Topliss-reactive ketones (excluding diaryl/α,β-unsaturated/α-hetero) is 1. The van der Waals surface area contributed by atoms with Gasteiger partial charge in [-0.15, -0.1) is 26.3 Å². The molecule has 0 saturated heterocycles. The first-order chi connectivity index (χ1) is 16.4. The van der Waals surface area contributed by atoms with Gasteiger partial charge in [-0.3, -0.25) is 9.53 Å². The number of alkyl halides is 6. The third-order valence-electron chi connectivity index (χ3n) is 4.83. The molecule has 14 heteroatoms. The maximum atomic E-state index is 12.5. The number of aromatic nitrogens is 3. The molecule has 0 aliphatic heterocycles. The molecule has 2 heterocycles. The molecule has 4 rings (SSSR count). The van der Waals surface area contributed by atoms with Crippen molar-refractivity contribution in [3.63, 3.8) is 0 Å². The Hall–Kier alpha value is -3.39. The van der Waals surface area contributed by atoms with Crippen molar-refractivity contribution in [2.24, 2.45) is 7.05 Å². The van der Waals surface area contributed by atoms with Crippen LogP contribution in [-0.2, 0) is 11.8 Å². The number of carbonyl (C=O) groups excluding carboxylic acids is 1. The fourth-order valence-electron chi connectivity index (χ4n) is 3.30. The van der Waals surface area contributed by atoms with Crippen molar-refractivity contribution in [2.75, 3.05) is 11.9 Å². The number of halogens is 6. The SMILES string of the molecule is Cn1c(Nc2nc3ccc(OC(F)(F)F)cc3s2)nc2cc(C(=O)CCCOC(F)(F)F)ccc21. The normalized spacial score (nSPS) is 12.4. The number of imidazole rings is 1. The van der Waals surface area contributed by atoms with E-state index in [1.54, 1.807) is 23.7 Å². The summed E-state index contributed by atoms with van der Waals surface area (Å²) in [6.45, 7) is -0.610. The Morgan fingerprint density at radius 2 is 1.80 bits per heavy atom. The summed E-state index contributed by atoms with van der Waals surface area (Å²) in [5, 5.41) is 3.39. The third kappa shape index (κ3) is 6.19. The number of fused-ring (bicyclic) bond motifs is 2. The van der Waals surface area contributed by atoms with Gasteiger partial charge in [-0.05, 0) is 36.8 Å². The van der Waals surface area contributed by atoms with Gasteiger partial charge in [-0.1, -0.05) is 11.3 Å². The monoisotopic (exact) mass is 518 g/mol. The molecule has 4 aromatic rings. The second-order valence-corrected chi connectivity index (χ2v) is 8.37. The number of rotatable bonds is 8. The van der Waals surface area contributed by atoms with Crippen molar-refractivity contribution in [3.05, 3.63) is 42.0 Å². The van der Waals surface area contributed by atoms with E-state index in [1.807, 2.05) is 0 Å². The van der Waals surface area contributed by atoms with Crippen molar-refractivity contribution in [1.82, 2.24) is 14.5 Å². The third-order valence-corrected chi connectivity index (χ3v) is 5.76. The smallest absolute Gasteiger partial charge is 0.406 e. The van der Waals surface area contributed by atoms with Gasteiger partial charge in [0.15, 0.2) is 10.9 Å². The molecule has 0 fully saturated rings. The zero-order valence-electron chi connectivity index (χ0n) is 17.8. The summed E-state index contributed by atoms with van der Waals surface area (Å²) < 4.78 is 83.2. The molecule has 1 N–H and O–H groups in total. The molecular formula is C21H16F6N4O3S. The number of nitrogens with one attached hydrogen (secondary N) is 1. The summed E-state index contributed by atoms with van der Waals surface area (Å²) >= 11 is 1.10. The summed E-state index contributed by atoms with van der Waals surface area (Å²) in [5.74, 6) is -0.333. The van der Waals surface area contributed by atoms with Gasteiger partial charge in [-0.2, -0.15) is 0 Å². The Morgan fingerprint density at radius 3 is 2.51 bits per heavy atom. The van der Waals surface area contributed by atoms with E-state index in [2.05, 4.69) is 24.8 Å². The van der Waals surface area contributed by atoms with E-state index in [0.717, 1.165) is 11.3 Å². The first-order valence-electron chi connectivity index (χ1n) is 10.0. The molecule has 0 atom stereocenters. The standard InChI is InChI=1S/C21H16F6N4O3S/c1-31-15-7-4-11(16(32)3-2-8-33-20(22,23)24)9-14(15)28-18(31)30-19-29-13-6-5-12(10-17(13)35-19)34-21(25,26)27/h4-7,9-10H,2-3,8H2,1H3,(H,28,29,30). The van der Waals surface area contributed by atoms with Crippen molar-refractivity contribution in [1.29, 1.82) is 0 Å². The largest absolute Gasteiger partial charge is 0.573 e. The summed E-state index contributed by atoms with van der Waals surface area (Å²) in [7, 11) is 1.72. The number of thiazole rings is 1. The molecule has 2 aromatic heterocycles. The van der Waals surface area contributed by atoms with E-state index in [-0.39, 0.29) is 24.4 Å². The highest BCUT2D eigenvalue weighted by Gasteiger charge is 2.31. The van der Waals surface area contributed by atoms with Crippen LogP contribution in [0, 0.1) is 0 Å². The van der Waals surface area contributed by atoms with Crippen LogP contribution in [0.2, 0.25) is 0 Å². The number of hydrogen-bond donors (Lipinski definition) is 1. The molecule has 35 heavy (non-hydrogen) atoms. The van der Waals surface area contributed by atoms with Crippen molar-refractivity contribution < 1.29 is 40.6 Å². The predicted octanol–water partition coefficient (Wildman–Crippen LogP) is 6.32. The van der Waals surface area contributed by atoms with Crippen LogP contribution in [0.1, 0.15) is 23.2 Å². The summed E-state index contributed by atoms with van der Waals surface area (Å²) in [6.07, 6.45) is -9.74. The Kier molecular flexibility index (Phi) is 6.60. The Morgan fingerprint density at radius 1 is 1.03 bits per heavy atom. The Balaban J connectivity index is 1.48. The molecule has 0 aliphatic carbocycles. The lowest BCUT2D eigenvalue weighted by Crippen LogP contribution is -2.16. The van der Waals surface area contributed by atoms with Gasteiger partial charge < -0.3 is 14.6 Å². The minimum atomic E-state index is -4.80. The van der Waals surface area contributed by atoms with Crippen LogP contribution < -0.4 is 10.1 Å². The molecule has 0 aliphatic rings. The highest BCUT2D eigenvalue weighted by molar-refractivity contribution is 7.22. The number of anilines is 2. The van der Waals surface area contributed by atoms with Gasteiger partial charge >= 0.3 is 12.7 Å². The first-order valence-corrected chi connectivity index (χ1v) is 10.8.